The third-order valence-electron chi connectivity index (χ3n) is 4.38. The number of benzene rings is 1. The summed E-state index contributed by atoms with van der Waals surface area (Å²) >= 11 is 0. The number of anilines is 1. The van der Waals surface area contributed by atoms with E-state index in [9.17, 15) is 10.1 Å². The second-order valence-corrected chi connectivity index (χ2v) is 5.99. The molecule has 5 heteroatoms. The van der Waals surface area contributed by atoms with Crippen LogP contribution in [-0.4, -0.2) is 18.0 Å². The molecule has 1 aromatic rings. The van der Waals surface area contributed by atoms with Crippen LogP contribution in [0, 0.1) is 33.3 Å². The number of nitro benzene ring substituents is 1. The average molecular weight is 287 g/mol. The highest BCUT2D eigenvalue weighted by molar-refractivity contribution is 5.59. The van der Waals surface area contributed by atoms with E-state index in [1.165, 1.54) is 12.5 Å². The predicted octanol–water partition coefficient (Wildman–Crippen LogP) is 3.73. The number of nitrogens with zero attached hydrogens (tertiary/aromatic N) is 3. The van der Waals surface area contributed by atoms with Crippen molar-refractivity contribution < 1.29 is 4.92 Å². The number of rotatable bonds is 3. The maximum absolute atomic E-state index is 10.9. The molecule has 1 aliphatic rings. The first-order valence-corrected chi connectivity index (χ1v) is 7.46. The van der Waals surface area contributed by atoms with Crippen LogP contribution in [0.2, 0.25) is 0 Å². The van der Waals surface area contributed by atoms with Crippen molar-refractivity contribution in [2.75, 3.05) is 18.0 Å². The summed E-state index contributed by atoms with van der Waals surface area (Å²) in [5.41, 5.74) is 0.944. The van der Waals surface area contributed by atoms with Gasteiger partial charge in [-0.2, -0.15) is 5.26 Å². The second kappa shape index (κ2) is 6.57. The summed E-state index contributed by atoms with van der Waals surface area (Å²) < 4.78 is 0. The van der Waals surface area contributed by atoms with Gasteiger partial charge in [0.15, 0.2) is 0 Å². The summed E-state index contributed by atoms with van der Waals surface area (Å²) in [4.78, 5) is 12.6. The predicted molar refractivity (Wildman–Crippen MR) is 82.2 cm³/mol. The van der Waals surface area contributed by atoms with E-state index in [0.29, 0.717) is 5.92 Å². The van der Waals surface area contributed by atoms with Crippen LogP contribution < -0.4 is 4.90 Å². The Labute approximate surface area is 125 Å². The molecule has 0 bridgehead atoms. The molecular weight excluding hydrogens is 266 g/mol. The van der Waals surface area contributed by atoms with Gasteiger partial charge < -0.3 is 4.90 Å². The Bertz CT molecular complexity index is 563. The molecule has 21 heavy (non-hydrogen) atoms. The third kappa shape index (κ3) is 3.52. The van der Waals surface area contributed by atoms with Crippen molar-refractivity contribution in [3.63, 3.8) is 0 Å². The summed E-state index contributed by atoms with van der Waals surface area (Å²) in [7, 11) is 0. The fourth-order valence-electron chi connectivity index (χ4n) is 3.02. The highest BCUT2D eigenvalue weighted by Gasteiger charge is 2.21. The van der Waals surface area contributed by atoms with Gasteiger partial charge in [0.05, 0.1) is 4.92 Å². The first kappa shape index (κ1) is 15.3. The molecule has 0 saturated carbocycles. The molecule has 5 nitrogen and oxygen atoms in total. The largest absolute Gasteiger partial charge is 0.371 e. The lowest BCUT2D eigenvalue weighted by Crippen LogP contribution is -2.24. The van der Waals surface area contributed by atoms with Crippen LogP contribution in [0.5, 0.6) is 0 Å². The lowest BCUT2D eigenvalue weighted by molar-refractivity contribution is -0.385. The van der Waals surface area contributed by atoms with Crippen molar-refractivity contribution >= 4 is 11.4 Å². The summed E-state index contributed by atoms with van der Waals surface area (Å²) in [6, 6.07) is 6.78. The van der Waals surface area contributed by atoms with E-state index in [2.05, 4.69) is 18.7 Å². The molecule has 1 unspecified atom stereocenters. The zero-order valence-electron chi connectivity index (χ0n) is 12.6. The van der Waals surface area contributed by atoms with E-state index < -0.39 is 4.92 Å². The van der Waals surface area contributed by atoms with Crippen LogP contribution >= 0.6 is 0 Å². The van der Waals surface area contributed by atoms with Crippen molar-refractivity contribution in [1.82, 2.24) is 0 Å². The molecule has 112 valence electrons. The van der Waals surface area contributed by atoms with Crippen LogP contribution in [0.4, 0.5) is 11.4 Å². The maximum Gasteiger partial charge on any atom is 0.287 e. The minimum absolute atomic E-state index is 0.115. The Balaban J connectivity index is 2.19. The molecule has 1 fully saturated rings. The van der Waals surface area contributed by atoms with Crippen LogP contribution in [0.15, 0.2) is 18.2 Å². The Morgan fingerprint density at radius 3 is 2.76 bits per heavy atom. The molecule has 1 aromatic carbocycles. The van der Waals surface area contributed by atoms with Crippen molar-refractivity contribution in [1.29, 1.82) is 5.26 Å². The fraction of sp³-hybridized carbons (Fsp3) is 0.562. The quantitative estimate of drug-likeness (QED) is 0.627. The molecule has 2 rings (SSSR count). The van der Waals surface area contributed by atoms with Gasteiger partial charge in [-0.1, -0.05) is 13.8 Å². The number of nitro groups is 1. The molecule has 1 saturated heterocycles. The van der Waals surface area contributed by atoms with Gasteiger partial charge in [-0.05, 0) is 43.2 Å². The second-order valence-electron chi connectivity index (χ2n) is 5.99. The van der Waals surface area contributed by atoms with Gasteiger partial charge in [0.2, 0.25) is 0 Å². The first-order chi connectivity index (χ1) is 10.0. The van der Waals surface area contributed by atoms with Crippen LogP contribution in [0.1, 0.15) is 38.7 Å². The molecule has 1 aliphatic heterocycles. The molecule has 1 heterocycles. The molecular formula is C16H21N3O2. The zero-order chi connectivity index (χ0) is 15.4. The normalized spacial score (nSPS) is 19.1. The number of nitriles is 1. The third-order valence-corrected chi connectivity index (χ3v) is 4.38. The molecule has 0 amide bonds. The minimum Gasteiger partial charge on any atom is -0.371 e. The van der Waals surface area contributed by atoms with Gasteiger partial charge in [-0.25, -0.2) is 0 Å². The molecule has 0 radical (unpaired) electrons. The topological polar surface area (TPSA) is 70.2 Å². The van der Waals surface area contributed by atoms with Crippen molar-refractivity contribution in [3.05, 3.63) is 33.9 Å². The molecule has 0 N–H and O–H groups in total. The Morgan fingerprint density at radius 1 is 1.38 bits per heavy atom. The summed E-state index contributed by atoms with van der Waals surface area (Å²) in [5.74, 6) is 1.43. The molecule has 1 atom stereocenters. The van der Waals surface area contributed by atoms with Gasteiger partial charge >= 0.3 is 0 Å². The monoisotopic (exact) mass is 287 g/mol. The molecule has 0 spiro atoms. The standard InChI is InChI=1S/C16H21N3O2/c1-12(2)13-4-3-8-18(9-7-13)15-5-6-16(19(20)21)14(10-15)11-17/h5-6,10,12-13H,3-4,7-9H2,1-2H3. The van der Waals surface area contributed by atoms with Crippen molar-refractivity contribution in [2.45, 2.75) is 33.1 Å². The highest BCUT2D eigenvalue weighted by atomic mass is 16.6. The molecule has 0 aliphatic carbocycles. The number of hydrogen-bond acceptors (Lipinski definition) is 4. The first-order valence-electron chi connectivity index (χ1n) is 7.46. The van der Waals surface area contributed by atoms with E-state index in [1.54, 1.807) is 12.1 Å². The Hall–Kier alpha value is -2.09. The summed E-state index contributed by atoms with van der Waals surface area (Å²) in [6.45, 7) is 6.43. The SMILES string of the molecule is CC(C)C1CCCN(c2ccc([N+](=O)[O-])c(C#N)c2)CC1. The summed E-state index contributed by atoms with van der Waals surface area (Å²) in [6.07, 6.45) is 3.49. The maximum atomic E-state index is 10.9. The van der Waals surface area contributed by atoms with Gasteiger partial charge in [-0.3, -0.25) is 10.1 Å². The number of hydrogen-bond donors (Lipinski definition) is 0. The van der Waals surface area contributed by atoms with Crippen LogP contribution in [-0.2, 0) is 0 Å². The Morgan fingerprint density at radius 2 is 2.14 bits per heavy atom. The average Bonchev–Trinajstić information content (AvgIpc) is 2.72. The van der Waals surface area contributed by atoms with Crippen LogP contribution in [0.3, 0.4) is 0 Å². The van der Waals surface area contributed by atoms with Gasteiger partial charge in [0, 0.05) is 24.8 Å². The summed E-state index contributed by atoms with van der Waals surface area (Å²) in [5, 5.41) is 20.0. The fourth-order valence-corrected chi connectivity index (χ4v) is 3.02. The van der Waals surface area contributed by atoms with E-state index in [1.807, 2.05) is 6.07 Å². The van der Waals surface area contributed by atoms with Crippen molar-refractivity contribution in [3.8, 4) is 6.07 Å². The lowest BCUT2D eigenvalue weighted by atomic mass is 9.89. The highest BCUT2D eigenvalue weighted by Crippen LogP contribution is 2.29. The van der Waals surface area contributed by atoms with Gasteiger partial charge in [0.1, 0.15) is 11.6 Å². The zero-order valence-corrected chi connectivity index (χ0v) is 12.6. The van der Waals surface area contributed by atoms with Crippen LogP contribution in [0.25, 0.3) is 0 Å². The minimum atomic E-state index is -0.500. The smallest absolute Gasteiger partial charge is 0.287 e. The van der Waals surface area contributed by atoms with E-state index in [-0.39, 0.29) is 11.3 Å². The lowest BCUT2D eigenvalue weighted by Gasteiger charge is -2.23. The van der Waals surface area contributed by atoms with E-state index in [0.717, 1.165) is 37.5 Å². The van der Waals surface area contributed by atoms with Gasteiger partial charge in [-0.15, -0.1) is 0 Å². The van der Waals surface area contributed by atoms with Crippen molar-refractivity contribution in [2.24, 2.45) is 11.8 Å². The molecule has 0 aromatic heterocycles. The van der Waals surface area contributed by atoms with Gasteiger partial charge in [0.25, 0.3) is 5.69 Å². The van der Waals surface area contributed by atoms with E-state index in [4.69, 9.17) is 5.26 Å². The Kier molecular flexibility index (Phi) is 4.79. The van der Waals surface area contributed by atoms with E-state index >= 15 is 0 Å².